The molecular weight excluding hydrogens is 289 g/mol. The van der Waals surface area contributed by atoms with Crippen molar-refractivity contribution in [3.63, 3.8) is 0 Å². The lowest BCUT2D eigenvalue weighted by atomic mass is 10.0. The molecule has 0 saturated carbocycles. The smallest absolute Gasteiger partial charge is 0.149 e. The zero-order valence-corrected chi connectivity index (χ0v) is 15.5. The SMILES string of the molecule is CC.CCCNc1cccc(CCCCCC(=O)C(C)C)c1F. The van der Waals surface area contributed by atoms with E-state index in [2.05, 4.69) is 12.2 Å². The summed E-state index contributed by atoms with van der Waals surface area (Å²) in [5.41, 5.74) is 1.37. The Morgan fingerprint density at radius 3 is 2.48 bits per heavy atom. The number of hydrogen-bond donors (Lipinski definition) is 1. The first kappa shape index (κ1) is 21.6. The van der Waals surface area contributed by atoms with Crippen LogP contribution < -0.4 is 5.32 Å². The summed E-state index contributed by atoms with van der Waals surface area (Å²) in [5.74, 6) is 0.333. The predicted molar refractivity (Wildman–Crippen MR) is 98.5 cm³/mol. The van der Waals surface area contributed by atoms with Gasteiger partial charge in [0.2, 0.25) is 0 Å². The van der Waals surface area contributed by atoms with Crippen LogP contribution in [0.3, 0.4) is 0 Å². The van der Waals surface area contributed by atoms with Gasteiger partial charge in [-0.05, 0) is 37.3 Å². The molecule has 0 aliphatic rings. The van der Waals surface area contributed by atoms with Gasteiger partial charge in [-0.15, -0.1) is 0 Å². The molecule has 0 unspecified atom stereocenters. The Labute approximate surface area is 141 Å². The molecular formula is C20H34FNO. The van der Waals surface area contributed by atoms with Crippen molar-refractivity contribution in [1.29, 1.82) is 0 Å². The van der Waals surface area contributed by atoms with Gasteiger partial charge in [-0.1, -0.05) is 53.2 Å². The molecule has 0 aromatic heterocycles. The second kappa shape index (κ2) is 13.1. The van der Waals surface area contributed by atoms with Crippen molar-refractivity contribution in [2.45, 2.75) is 73.1 Å². The van der Waals surface area contributed by atoms with E-state index in [-0.39, 0.29) is 11.7 Å². The lowest BCUT2D eigenvalue weighted by Crippen LogP contribution is -2.06. The van der Waals surface area contributed by atoms with Crippen LogP contribution in [0, 0.1) is 11.7 Å². The van der Waals surface area contributed by atoms with Crippen molar-refractivity contribution < 1.29 is 9.18 Å². The standard InChI is InChI=1S/C18H28FNO.C2H6/c1-4-13-20-16-11-8-10-15(18(16)19)9-6-5-7-12-17(21)14(2)3;1-2/h8,10-11,14,20H,4-7,9,12-13H2,1-3H3;1-2H3. The van der Waals surface area contributed by atoms with Gasteiger partial charge in [0.15, 0.2) is 0 Å². The molecule has 1 aromatic carbocycles. The van der Waals surface area contributed by atoms with Crippen LogP contribution >= 0.6 is 0 Å². The van der Waals surface area contributed by atoms with E-state index >= 15 is 0 Å². The van der Waals surface area contributed by atoms with E-state index in [1.165, 1.54) is 0 Å². The van der Waals surface area contributed by atoms with Crippen LogP contribution in [0.25, 0.3) is 0 Å². The number of ketones is 1. The average Bonchev–Trinajstić information content (AvgIpc) is 2.56. The van der Waals surface area contributed by atoms with Crippen molar-refractivity contribution in [1.82, 2.24) is 0 Å². The Kier molecular flexibility index (Phi) is 12.3. The number of halogens is 1. The number of aryl methyl sites for hydroxylation is 1. The summed E-state index contributed by atoms with van der Waals surface area (Å²) < 4.78 is 14.2. The van der Waals surface area contributed by atoms with Gasteiger partial charge in [-0.25, -0.2) is 4.39 Å². The minimum absolute atomic E-state index is 0.121. The van der Waals surface area contributed by atoms with E-state index in [9.17, 15) is 9.18 Å². The minimum Gasteiger partial charge on any atom is -0.383 e. The van der Waals surface area contributed by atoms with E-state index in [1.807, 2.05) is 39.8 Å². The van der Waals surface area contributed by atoms with E-state index in [0.29, 0.717) is 17.9 Å². The quantitative estimate of drug-likeness (QED) is 0.535. The van der Waals surface area contributed by atoms with Crippen LogP contribution in [0.1, 0.15) is 72.3 Å². The van der Waals surface area contributed by atoms with Crippen LogP contribution in [0.5, 0.6) is 0 Å². The van der Waals surface area contributed by atoms with Crippen molar-refractivity contribution >= 4 is 11.5 Å². The fourth-order valence-corrected chi connectivity index (χ4v) is 2.25. The maximum absolute atomic E-state index is 14.2. The third-order valence-electron chi connectivity index (χ3n) is 3.66. The highest BCUT2D eigenvalue weighted by Crippen LogP contribution is 2.20. The van der Waals surface area contributed by atoms with Crippen LogP contribution in [0.15, 0.2) is 18.2 Å². The predicted octanol–water partition coefficient (Wildman–Crippen LogP) is 6.00. The fourth-order valence-electron chi connectivity index (χ4n) is 2.25. The molecule has 0 bridgehead atoms. The molecule has 0 aliphatic carbocycles. The third-order valence-corrected chi connectivity index (χ3v) is 3.66. The molecule has 1 N–H and O–H groups in total. The zero-order chi connectivity index (χ0) is 17.7. The highest BCUT2D eigenvalue weighted by molar-refractivity contribution is 5.80. The summed E-state index contributed by atoms with van der Waals surface area (Å²) in [6.07, 6.45) is 5.19. The number of nitrogens with one attached hydrogen (secondary N) is 1. The molecule has 0 atom stereocenters. The van der Waals surface area contributed by atoms with Crippen molar-refractivity contribution in [3.05, 3.63) is 29.6 Å². The van der Waals surface area contributed by atoms with Crippen molar-refractivity contribution in [2.24, 2.45) is 5.92 Å². The molecule has 0 saturated heterocycles. The maximum atomic E-state index is 14.2. The van der Waals surface area contributed by atoms with Gasteiger partial charge in [-0.3, -0.25) is 4.79 Å². The Morgan fingerprint density at radius 1 is 1.17 bits per heavy atom. The molecule has 2 nitrogen and oxygen atoms in total. The Balaban J connectivity index is 0.00000232. The summed E-state index contributed by atoms with van der Waals surface area (Å²) in [4.78, 5) is 11.5. The molecule has 0 fully saturated rings. The topological polar surface area (TPSA) is 29.1 Å². The average molecular weight is 323 g/mol. The van der Waals surface area contributed by atoms with Gasteiger partial charge in [0.1, 0.15) is 11.6 Å². The number of benzene rings is 1. The lowest BCUT2D eigenvalue weighted by molar-refractivity contribution is -0.122. The summed E-state index contributed by atoms with van der Waals surface area (Å²) in [5, 5.41) is 3.11. The number of Topliss-reactive ketones (excluding diaryl/α,β-unsaturated/α-hetero) is 1. The van der Waals surface area contributed by atoms with Gasteiger partial charge >= 0.3 is 0 Å². The fraction of sp³-hybridized carbons (Fsp3) is 0.650. The summed E-state index contributed by atoms with van der Waals surface area (Å²) in [6, 6.07) is 5.54. The number of carbonyl (C=O) groups is 1. The molecule has 0 aliphatic heterocycles. The second-order valence-corrected chi connectivity index (χ2v) is 5.89. The molecule has 23 heavy (non-hydrogen) atoms. The normalized spacial score (nSPS) is 10.2. The van der Waals surface area contributed by atoms with E-state index in [4.69, 9.17) is 0 Å². The largest absolute Gasteiger partial charge is 0.383 e. The Morgan fingerprint density at radius 2 is 1.87 bits per heavy atom. The first-order valence-corrected chi connectivity index (χ1v) is 9.10. The first-order chi connectivity index (χ1) is 11.1. The maximum Gasteiger partial charge on any atom is 0.149 e. The highest BCUT2D eigenvalue weighted by Gasteiger charge is 2.08. The number of anilines is 1. The molecule has 0 heterocycles. The molecule has 1 aromatic rings. The van der Waals surface area contributed by atoms with Gasteiger partial charge in [0.05, 0.1) is 5.69 Å². The van der Waals surface area contributed by atoms with Gasteiger partial charge in [-0.2, -0.15) is 0 Å². The molecule has 0 spiro atoms. The van der Waals surface area contributed by atoms with E-state index in [0.717, 1.165) is 44.2 Å². The van der Waals surface area contributed by atoms with E-state index < -0.39 is 0 Å². The first-order valence-electron chi connectivity index (χ1n) is 9.10. The Hall–Kier alpha value is -1.38. The molecule has 132 valence electrons. The second-order valence-electron chi connectivity index (χ2n) is 5.89. The minimum atomic E-state index is -0.121. The lowest BCUT2D eigenvalue weighted by Gasteiger charge is -2.10. The Bertz CT molecular complexity index is 443. The monoisotopic (exact) mass is 323 g/mol. The van der Waals surface area contributed by atoms with Gasteiger partial charge in [0.25, 0.3) is 0 Å². The summed E-state index contributed by atoms with van der Waals surface area (Å²) in [6.45, 7) is 10.7. The van der Waals surface area contributed by atoms with Gasteiger partial charge in [0, 0.05) is 18.9 Å². The van der Waals surface area contributed by atoms with Crippen LogP contribution in [0.4, 0.5) is 10.1 Å². The molecule has 1 rings (SSSR count). The van der Waals surface area contributed by atoms with Crippen molar-refractivity contribution in [3.8, 4) is 0 Å². The van der Waals surface area contributed by atoms with Crippen LogP contribution in [-0.2, 0) is 11.2 Å². The van der Waals surface area contributed by atoms with Gasteiger partial charge < -0.3 is 5.32 Å². The summed E-state index contributed by atoms with van der Waals surface area (Å²) >= 11 is 0. The van der Waals surface area contributed by atoms with Crippen molar-refractivity contribution in [2.75, 3.05) is 11.9 Å². The number of unbranched alkanes of at least 4 members (excludes halogenated alkanes) is 2. The molecule has 0 radical (unpaired) electrons. The molecule has 3 heteroatoms. The number of rotatable bonds is 10. The van der Waals surface area contributed by atoms with Crippen LogP contribution in [-0.4, -0.2) is 12.3 Å². The summed E-state index contributed by atoms with van der Waals surface area (Å²) in [7, 11) is 0. The number of hydrogen-bond acceptors (Lipinski definition) is 2. The van der Waals surface area contributed by atoms with E-state index in [1.54, 1.807) is 6.07 Å². The zero-order valence-electron chi connectivity index (χ0n) is 15.5. The van der Waals surface area contributed by atoms with Crippen LogP contribution in [0.2, 0.25) is 0 Å². The number of carbonyl (C=O) groups excluding carboxylic acids is 1. The molecule has 0 amide bonds. The highest BCUT2D eigenvalue weighted by atomic mass is 19.1. The third kappa shape index (κ3) is 8.73.